The molecule has 1 N–H and O–H groups in total. The largest absolute Gasteiger partial charge is 0.394 e. The van der Waals surface area contributed by atoms with E-state index in [9.17, 15) is 15.2 Å². The Bertz CT molecular complexity index is 602. The zero-order valence-corrected chi connectivity index (χ0v) is 11.0. The first kappa shape index (κ1) is 13.5. The van der Waals surface area contributed by atoms with Crippen LogP contribution in [0.15, 0.2) is 18.2 Å². The van der Waals surface area contributed by atoms with Crippen molar-refractivity contribution in [3.8, 4) is 0 Å². The van der Waals surface area contributed by atoms with Crippen LogP contribution in [-0.2, 0) is 6.42 Å². The Hall–Kier alpha value is -1.95. The fraction of sp³-hybridized carbons (Fsp3) is 0.462. The summed E-state index contributed by atoms with van der Waals surface area (Å²) in [4.78, 5) is 14.8. The van der Waals surface area contributed by atoms with Crippen molar-refractivity contribution in [2.45, 2.75) is 32.7 Å². The summed E-state index contributed by atoms with van der Waals surface area (Å²) < 4.78 is 1.99. The lowest BCUT2D eigenvalue weighted by atomic mass is 10.2. The van der Waals surface area contributed by atoms with Crippen LogP contribution < -0.4 is 0 Å². The number of nitrogens with zero attached hydrogens (tertiary/aromatic N) is 3. The van der Waals surface area contributed by atoms with Gasteiger partial charge < -0.3 is 9.67 Å². The minimum atomic E-state index is -0.423. The van der Waals surface area contributed by atoms with Crippen molar-refractivity contribution in [2.24, 2.45) is 0 Å². The van der Waals surface area contributed by atoms with Crippen LogP contribution in [0.2, 0.25) is 0 Å². The van der Waals surface area contributed by atoms with Crippen molar-refractivity contribution in [1.82, 2.24) is 9.55 Å². The highest BCUT2D eigenvalue weighted by atomic mass is 16.6. The first-order valence-electron chi connectivity index (χ1n) is 6.38. The van der Waals surface area contributed by atoms with E-state index in [2.05, 4.69) is 4.98 Å². The molecule has 0 aliphatic heterocycles. The van der Waals surface area contributed by atoms with Gasteiger partial charge in [0.05, 0.1) is 28.6 Å². The highest BCUT2D eigenvalue weighted by Crippen LogP contribution is 2.26. The molecular weight excluding hydrogens is 246 g/mol. The van der Waals surface area contributed by atoms with E-state index in [1.54, 1.807) is 6.07 Å². The maximum Gasteiger partial charge on any atom is 0.271 e. The Morgan fingerprint density at radius 2 is 2.21 bits per heavy atom. The lowest BCUT2D eigenvalue weighted by molar-refractivity contribution is -0.384. The number of aliphatic hydroxyl groups excluding tert-OH is 1. The minimum Gasteiger partial charge on any atom is -0.394 e. The second kappa shape index (κ2) is 5.36. The van der Waals surface area contributed by atoms with Gasteiger partial charge in [-0.2, -0.15) is 0 Å². The van der Waals surface area contributed by atoms with Crippen molar-refractivity contribution in [1.29, 1.82) is 0 Å². The lowest BCUT2D eigenvalue weighted by Crippen LogP contribution is -2.14. The van der Waals surface area contributed by atoms with Gasteiger partial charge in [-0.3, -0.25) is 10.1 Å². The van der Waals surface area contributed by atoms with Gasteiger partial charge in [-0.05, 0) is 12.5 Å². The number of aromatic nitrogens is 2. The smallest absolute Gasteiger partial charge is 0.271 e. The Balaban J connectivity index is 2.65. The normalized spacial score (nSPS) is 12.8. The number of imidazole rings is 1. The molecule has 0 unspecified atom stereocenters. The average Bonchev–Trinajstić information content (AvgIpc) is 2.78. The van der Waals surface area contributed by atoms with Crippen LogP contribution >= 0.6 is 0 Å². The van der Waals surface area contributed by atoms with Crippen LogP contribution in [0.1, 0.15) is 32.1 Å². The van der Waals surface area contributed by atoms with Crippen LogP contribution in [0.3, 0.4) is 0 Å². The van der Waals surface area contributed by atoms with Gasteiger partial charge in [0.2, 0.25) is 0 Å². The average molecular weight is 263 g/mol. The molecule has 1 aromatic carbocycles. The van der Waals surface area contributed by atoms with Gasteiger partial charge in [-0.1, -0.05) is 13.8 Å². The molecule has 0 fully saturated rings. The summed E-state index contributed by atoms with van der Waals surface area (Å²) in [7, 11) is 0. The number of non-ortho nitro benzene ring substituents is 1. The Morgan fingerprint density at radius 1 is 1.47 bits per heavy atom. The highest BCUT2D eigenvalue weighted by molar-refractivity contribution is 5.79. The molecule has 0 aliphatic carbocycles. The highest BCUT2D eigenvalue weighted by Gasteiger charge is 2.18. The summed E-state index contributed by atoms with van der Waals surface area (Å²) in [6.45, 7) is 4.01. The number of hydrogen-bond acceptors (Lipinski definition) is 4. The predicted molar refractivity (Wildman–Crippen MR) is 72.2 cm³/mol. The van der Waals surface area contributed by atoms with Crippen molar-refractivity contribution in [2.75, 3.05) is 6.61 Å². The summed E-state index contributed by atoms with van der Waals surface area (Å²) in [6.07, 6.45) is 1.50. The fourth-order valence-electron chi connectivity index (χ4n) is 2.30. The molecule has 1 heterocycles. The molecule has 0 aliphatic rings. The Kier molecular flexibility index (Phi) is 3.80. The van der Waals surface area contributed by atoms with E-state index in [4.69, 9.17) is 0 Å². The molecule has 0 saturated carbocycles. The van der Waals surface area contributed by atoms with Gasteiger partial charge in [-0.25, -0.2) is 4.98 Å². The Morgan fingerprint density at radius 3 is 2.74 bits per heavy atom. The molecule has 6 nitrogen and oxygen atoms in total. The van der Waals surface area contributed by atoms with E-state index < -0.39 is 4.92 Å². The maximum atomic E-state index is 10.8. The number of rotatable bonds is 5. The van der Waals surface area contributed by atoms with Gasteiger partial charge >= 0.3 is 0 Å². The van der Waals surface area contributed by atoms with Gasteiger partial charge in [0.1, 0.15) is 5.82 Å². The first-order valence-corrected chi connectivity index (χ1v) is 6.38. The summed E-state index contributed by atoms with van der Waals surface area (Å²) >= 11 is 0. The second-order valence-corrected chi connectivity index (χ2v) is 4.43. The minimum absolute atomic E-state index is 0.0337. The standard InChI is InChI=1S/C13H17N3O3/c1-3-9(8-17)15-12-6-5-10(16(18)19)7-11(12)14-13(15)4-2/h5-7,9,17H,3-4,8H2,1-2H3/t9-/m1/s1. The number of fused-ring (bicyclic) bond motifs is 1. The molecule has 19 heavy (non-hydrogen) atoms. The number of nitro groups is 1. The first-order chi connectivity index (χ1) is 9.12. The third kappa shape index (κ3) is 2.31. The fourth-order valence-corrected chi connectivity index (χ4v) is 2.30. The van der Waals surface area contributed by atoms with Crippen molar-refractivity contribution >= 4 is 16.7 Å². The molecule has 102 valence electrons. The zero-order valence-electron chi connectivity index (χ0n) is 11.0. The zero-order chi connectivity index (χ0) is 14.0. The van der Waals surface area contributed by atoms with Crippen LogP contribution in [0.4, 0.5) is 5.69 Å². The molecule has 1 atom stereocenters. The summed E-state index contributed by atoms with van der Waals surface area (Å²) in [6, 6.07) is 4.62. The molecule has 0 radical (unpaired) electrons. The number of nitro benzene ring substituents is 1. The molecule has 6 heteroatoms. The molecule has 2 rings (SSSR count). The van der Waals surface area contributed by atoms with Gasteiger partial charge in [0.25, 0.3) is 5.69 Å². The SMILES string of the molecule is CCc1nc2cc([N+](=O)[O-])ccc2n1[C@H](CC)CO. The molecular formula is C13H17N3O3. The van der Waals surface area contributed by atoms with Gasteiger partial charge in [-0.15, -0.1) is 0 Å². The second-order valence-electron chi connectivity index (χ2n) is 4.43. The lowest BCUT2D eigenvalue weighted by Gasteiger charge is -2.17. The topological polar surface area (TPSA) is 81.2 Å². The summed E-state index contributed by atoms with van der Waals surface area (Å²) in [5, 5.41) is 20.2. The van der Waals surface area contributed by atoms with E-state index in [-0.39, 0.29) is 18.3 Å². The number of aryl methyl sites for hydroxylation is 1. The number of aliphatic hydroxyl groups is 1. The molecule has 0 spiro atoms. The van der Waals surface area contributed by atoms with E-state index in [0.717, 1.165) is 24.2 Å². The van der Waals surface area contributed by atoms with E-state index >= 15 is 0 Å². The third-order valence-electron chi connectivity index (χ3n) is 3.32. The van der Waals surface area contributed by atoms with E-state index in [1.165, 1.54) is 12.1 Å². The Labute approximate surface area is 110 Å². The van der Waals surface area contributed by atoms with Crippen LogP contribution in [0.5, 0.6) is 0 Å². The monoisotopic (exact) mass is 263 g/mol. The van der Waals surface area contributed by atoms with Gasteiger partial charge in [0.15, 0.2) is 0 Å². The molecule has 2 aromatic rings. The number of benzene rings is 1. The number of hydrogen-bond donors (Lipinski definition) is 1. The molecule has 0 bridgehead atoms. The van der Waals surface area contributed by atoms with Crippen molar-refractivity contribution in [3.05, 3.63) is 34.1 Å². The third-order valence-corrected chi connectivity index (χ3v) is 3.32. The summed E-state index contributed by atoms with van der Waals surface area (Å²) in [5.41, 5.74) is 1.48. The van der Waals surface area contributed by atoms with Gasteiger partial charge in [0, 0.05) is 18.6 Å². The van der Waals surface area contributed by atoms with Crippen molar-refractivity contribution < 1.29 is 10.0 Å². The molecule has 0 saturated heterocycles. The van der Waals surface area contributed by atoms with Crippen LogP contribution in [0, 0.1) is 10.1 Å². The summed E-state index contributed by atoms with van der Waals surface area (Å²) in [5.74, 6) is 0.844. The van der Waals surface area contributed by atoms with E-state index in [1.807, 2.05) is 18.4 Å². The molecule has 0 amide bonds. The quantitative estimate of drug-likeness (QED) is 0.663. The van der Waals surface area contributed by atoms with Crippen molar-refractivity contribution in [3.63, 3.8) is 0 Å². The molecule has 1 aromatic heterocycles. The predicted octanol–water partition coefficient (Wildman–Crippen LogP) is 2.45. The maximum absolute atomic E-state index is 10.8. The van der Waals surface area contributed by atoms with E-state index in [0.29, 0.717) is 5.52 Å². The van der Waals surface area contributed by atoms with Crippen LogP contribution in [0.25, 0.3) is 11.0 Å². The van der Waals surface area contributed by atoms with Crippen LogP contribution in [-0.4, -0.2) is 26.2 Å².